The molecule has 0 bridgehead atoms. The van der Waals surface area contributed by atoms with Gasteiger partial charge in [-0.1, -0.05) is 11.6 Å². The van der Waals surface area contributed by atoms with Gasteiger partial charge in [-0.2, -0.15) is 9.65 Å². The summed E-state index contributed by atoms with van der Waals surface area (Å²) in [5, 5.41) is 8.55. The minimum atomic E-state index is -1.39. The molecule has 0 radical (unpaired) electrons. The van der Waals surface area contributed by atoms with Crippen LogP contribution in [0.2, 0.25) is 5.02 Å². The Kier molecular flexibility index (Phi) is 3.58. The molecule has 1 heterocycles. The van der Waals surface area contributed by atoms with E-state index in [-0.39, 0.29) is 5.02 Å². The second-order valence-electron chi connectivity index (χ2n) is 3.39. The van der Waals surface area contributed by atoms with E-state index in [2.05, 4.69) is 4.98 Å². The minimum Gasteiger partial charge on any atom is -0.433 e. The zero-order chi connectivity index (χ0) is 14.0. The van der Waals surface area contributed by atoms with Gasteiger partial charge in [-0.05, 0) is 18.2 Å². The molecule has 1 aromatic carbocycles. The zero-order valence-electron chi connectivity index (χ0n) is 9.12. The van der Waals surface area contributed by atoms with Crippen LogP contribution in [0.4, 0.5) is 13.2 Å². The van der Waals surface area contributed by atoms with Crippen molar-refractivity contribution < 1.29 is 17.9 Å². The Bertz CT molecular complexity index is 685. The number of halogens is 4. The molecule has 0 unspecified atom stereocenters. The number of ether oxygens (including phenoxy) is 1. The molecule has 0 fully saturated rings. The van der Waals surface area contributed by atoms with Crippen LogP contribution in [-0.4, -0.2) is 4.98 Å². The van der Waals surface area contributed by atoms with Crippen LogP contribution in [0.1, 0.15) is 5.56 Å². The van der Waals surface area contributed by atoms with Crippen LogP contribution in [0.3, 0.4) is 0 Å². The Labute approximate surface area is 110 Å². The molecule has 0 saturated heterocycles. The van der Waals surface area contributed by atoms with Gasteiger partial charge in [0.15, 0.2) is 17.4 Å². The quantitative estimate of drug-likeness (QED) is 0.842. The van der Waals surface area contributed by atoms with E-state index in [1.165, 1.54) is 6.07 Å². The lowest BCUT2D eigenvalue weighted by atomic mass is 10.2. The third kappa shape index (κ3) is 2.61. The van der Waals surface area contributed by atoms with Crippen molar-refractivity contribution in [1.29, 1.82) is 5.26 Å². The first-order valence-electron chi connectivity index (χ1n) is 4.90. The number of aromatic nitrogens is 1. The summed E-state index contributed by atoms with van der Waals surface area (Å²) in [4.78, 5) is 3.50. The topological polar surface area (TPSA) is 45.9 Å². The molecule has 0 aliphatic carbocycles. The van der Waals surface area contributed by atoms with E-state index >= 15 is 0 Å². The van der Waals surface area contributed by atoms with Crippen LogP contribution in [0, 0.1) is 28.8 Å². The molecule has 0 saturated carbocycles. The molecular weight excluding hydrogens is 281 g/mol. The first-order chi connectivity index (χ1) is 9.02. The standard InChI is InChI=1S/C12H4ClF3N2O/c13-7-3-8(14)12(18-5-7)19-9-2-1-6(4-17)10(15)11(9)16/h1-3,5H. The molecule has 0 atom stereocenters. The fourth-order valence-corrected chi connectivity index (χ4v) is 1.42. The van der Waals surface area contributed by atoms with Gasteiger partial charge in [-0.3, -0.25) is 0 Å². The maximum atomic E-state index is 13.5. The van der Waals surface area contributed by atoms with Crippen LogP contribution < -0.4 is 4.74 Å². The van der Waals surface area contributed by atoms with E-state index in [1.54, 1.807) is 0 Å². The van der Waals surface area contributed by atoms with E-state index in [9.17, 15) is 13.2 Å². The highest BCUT2D eigenvalue weighted by Gasteiger charge is 2.17. The van der Waals surface area contributed by atoms with Crippen LogP contribution >= 0.6 is 11.6 Å². The normalized spacial score (nSPS) is 10.1. The molecule has 0 aliphatic rings. The summed E-state index contributed by atoms with van der Waals surface area (Å²) in [7, 11) is 0. The summed E-state index contributed by atoms with van der Waals surface area (Å²) in [5.41, 5.74) is -0.477. The van der Waals surface area contributed by atoms with Crippen LogP contribution in [0.25, 0.3) is 0 Å². The van der Waals surface area contributed by atoms with Crippen LogP contribution in [0.15, 0.2) is 24.4 Å². The van der Waals surface area contributed by atoms with E-state index in [0.717, 1.165) is 24.4 Å². The molecule has 2 rings (SSSR count). The third-order valence-electron chi connectivity index (χ3n) is 2.15. The average Bonchev–Trinajstić information content (AvgIpc) is 2.38. The van der Waals surface area contributed by atoms with Crippen molar-refractivity contribution in [3.05, 3.63) is 52.4 Å². The van der Waals surface area contributed by atoms with Crippen molar-refractivity contribution >= 4 is 11.6 Å². The third-order valence-corrected chi connectivity index (χ3v) is 2.35. The Morgan fingerprint density at radius 2 is 1.95 bits per heavy atom. The van der Waals surface area contributed by atoms with Crippen molar-refractivity contribution in [1.82, 2.24) is 4.98 Å². The lowest BCUT2D eigenvalue weighted by molar-refractivity contribution is 0.383. The monoisotopic (exact) mass is 284 g/mol. The van der Waals surface area contributed by atoms with Gasteiger partial charge in [0.25, 0.3) is 5.88 Å². The molecule has 19 heavy (non-hydrogen) atoms. The van der Waals surface area contributed by atoms with Crippen LogP contribution in [0.5, 0.6) is 11.6 Å². The smallest absolute Gasteiger partial charge is 0.256 e. The molecule has 0 amide bonds. The lowest BCUT2D eigenvalue weighted by Gasteiger charge is -2.07. The summed E-state index contributed by atoms with van der Waals surface area (Å²) >= 11 is 5.49. The Balaban J connectivity index is 2.39. The molecular formula is C12H4ClF3N2O. The van der Waals surface area contributed by atoms with E-state index in [0.29, 0.717) is 0 Å². The number of hydrogen-bond acceptors (Lipinski definition) is 3. The van der Waals surface area contributed by atoms with Gasteiger partial charge >= 0.3 is 0 Å². The fraction of sp³-hybridized carbons (Fsp3) is 0. The Morgan fingerprint density at radius 1 is 1.21 bits per heavy atom. The van der Waals surface area contributed by atoms with Crippen molar-refractivity contribution in [3.63, 3.8) is 0 Å². The van der Waals surface area contributed by atoms with Gasteiger partial charge in [0.1, 0.15) is 6.07 Å². The van der Waals surface area contributed by atoms with E-state index in [1.807, 2.05) is 0 Å². The van der Waals surface area contributed by atoms with Crippen molar-refractivity contribution in [2.24, 2.45) is 0 Å². The van der Waals surface area contributed by atoms with Gasteiger partial charge < -0.3 is 4.74 Å². The number of benzene rings is 1. The Hall–Kier alpha value is -2.26. The molecule has 96 valence electrons. The van der Waals surface area contributed by atoms with Crippen molar-refractivity contribution in [3.8, 4) is 17.7 Å². The second-order valence-corrected chi connectivity index (χ2v) is 3.83. The lowest BCUT2D eigenvalue weighted by Crippen LogP contribution is -1.97. The molecule has 0 N–H and O–H groups in total. The highest BCUT2D eigenvalue weighted by molar-refractivity contribution is 6.30. The predicted octanol–water partition coefficient (Wildman–Crippen LogP) is 3.82. The first-order valence-corrected chi connectivity index (χ1v) is 5.27. The largest absolute Gasteiger partial charge is 0.433 e. The summed E-state index contributed by atoms with van der Waals surface area (Å²) in [6.45, 7) is 0. The fourth-order valence-electron chi connectivity index (χ4n) is 1.28. The van der Waals surface area contributed by atoms with Gasteiger partial charge in [0.2, 0.25) is 5.82 Å². The summed E-state index contributed by atoms with van der Waals surface area (Å²) in [6, 6.07) is 4.41. The SMILES string of the molecule is N#Cc1ccc(Oc2ncc(Cl)cc2F)c(F)c1F. The van der Waals surface area contributed by atoms with Crippen molar-refractivity contribution in [2.45, 2.75) is 0 Å². The highest BCUT2D eigenvalue weighted by atomic mass is 35.5. The van der Waals surface area contributed by atoms with Gasteiger partial charge in [0, 0.05) is 6.20 Å². The Morgan fingerprint density at radius 3 is 2.58 bits per heavy atom. The second kappa shape index (κ2) is 5.16. The summed E-state index contributed by atoms with van der Waals surface area (Å²) in [5.74, 6) is -4.81. The maximum absolute atomic E-state index is 13.5. The van der Waals surface area contributed by atoms with E-state index < -0.39 is 34.6 Å². The van der Waals surface area contributed by atoms with Crippen LogP contribution in [-0.2, 0) is 0 Å². The first kappa shape index (κ1) is 13.2. The predicted molar refractivity (Wildman–Crippen MR) is 60.4 cm³/mol. The van der Waals surface area contributed by atoms with Crippen molar-refractivity contribution in [2.75, 3.05) is 0 Å². The number of pyridine rings is 1. The number of nitriles is 1. The zero-order valence-corrected chi connectivity index (χ0v) is 9.88. The molecule has 0 spiro atoms. The number of rotatable bonds is 2. The molecule has 3 nitrogen and oxygen atoms in total. The average molecular weight is 285 g/mol. The van der Waals surface area contributed by atoms with E-state index in [4.69, 9.17) is 21.6 Å². The van der Waals surface area contributed by atoms with Gasteiger partial charge in [-0.25, -0.2) is 13.8 Å². The highest BCUT2D eigenvalue weighted by Crippen LogP contribution is 2.28. The molecule has 2 aromatic rings. The molecule has 1 aromatic heterocycles. The summed E-state index contributed by atoms with van der Waals surface area (Å²) < 4.78 is 45.0. The molecule has 7 heteroatoms. The maximum Gasteiger partial charge on any atom is 0.256 e. The van der Waals surface area contributed by atoms with Gasteiger partial charge in [-0.15, -0.1) is 0 Å². The molecule has 0 aliphatic heterocycles. The van der Waals surface area contributed by atoms with Gasteiger partial charge in [0.05, 0.1) is 10.6 Å². The number of nitrogens with zero attached hydrogens (tertiary/aromatic N) is 2. The number of hydrogen-bond donors (Lipinski definition) is 0. The minimum absolute atomic E-state index is 0.0383. The summed E-state index contributed by atoms with van der Waals surface area (Å²) in [6.07, 6.45) is 1.10.